The standard InChI is InChI=1S/C12H13BrN4O/c13-10-3-1-2-9(6-10)7-12(18)11-8-17(5-4-14)16-15-11/h1-3,6,8H,4-5,7,14H2. The number of carbonyl (C=O) groups excluding carboxylic acids is 1. The van der Waals surface area contributed by atoms with Gasteiger partial charge in [0.05, 0.1) is 12.7 Å². The van der Waals surface area contributed by atoms with Crippen molar-refractivity contribution < 1.29 is 4.79 Å². The van der Waals surface area contributed by atoms with Crippen LogP contribution >= 0.6 is 15.9 Å². The van der Waals surface area contributed by atoms with Crippen LogP contribution in [0, 0.1) is 0 Å². The number of carbonyl (C=O) groups is 1. The minimum atomic E-state index is -0.0450. The molecule has 6 heteroatoms. The summed E-state index contributed by atoms with van der Waals surface area (Å²) in [5, 5.41) is 7.69. The Morgan fingerprint density at radius 3 is 3.00 bits per heavy atom. The van der Waals surface area contributed by atoms with Gasteiger partial charge in [-0.25, -0.2) is 0 Å². The summed E-state index contributed by atoms with van der Waals surface area (Å²) < 4.78 is 2.54. The van der Waals surface area contributed by atoms with E-state index in [1.165, 1.54) is 0 Å². The van der Waals surface area contributed by atoms with Crippen LogP contribution in [-0.2, 0) is 13.0 Å². The first-order chi connectivity index (χ1) is 8.69. The Balaban J connectivity index is 2.07. The van der Waals surface area contributed by atoms with Crippen LogP contribution in [0.4, 0.5) is 0 Å². The second kappa shape index (κ2) is 5.88. The molecule has 0 aliphatic heterocycles. The molecule has 1 aromatic carbocycles. The molecular weight excluding hydrogens is 296 g/mol. The summed E-state index contributed by atoms with van der Waals surface area (Å²) in [4.78, 5) is 12.0. The molecule has 94 valence electrons. The van der Waals surface area contributed by atoms with E-state index in [2.05, 4.69) is 26.2 Å². The van der Waals surface area contributed by atoms with Crippen LogP contribution < -0.4 is 5.73 Å². The van der Waals surface area contributed by atoms with Gasteiger partial charge in [0, 0.05) is 17.4 Å². The van der Waals surface area contributed by atoms with Crippen LogP contribution in [0.1, 0.15) is 16.1 Å². The lowest BCUT2D eigenvalue weighted by Gasteiger charge is -1.99. The van der Waals surface area contributed by atoms with Crippen molar-refractivity contribution in [3.63, 3.8) is 0 Å². The fraction of sp³-hybridized carbons (Fsp3) is 0.250. The Kier molecular flexibility index (Phi) is 4.22. The molecule has 0 unspecified atom stereocenters. The minimum absolute atomic E-state index is 0.0450. The van der Waals surface area contributed by atoms with E-state index in [0.717, 1.165) is 10.0 Å². The Hall–Kier alpha value is -1.53. The first-order valence-corrected chi connectivity index (χ1v) is 6.36. The monoisotopic (exact) mass is 308 g/mol. The fourth-order valence-corrected chi connectivity index (χ4v) is 2.04. The highest BCUT2D eigenvalue weighted by molar-refractivity contribution is 9.10. The number of aromatic nitrogens is 3. The molecule has 0 spiro atoms. The molecule has 2 rings (SSSR count). The molecule has 0 aliphatic carbocycles. The summed E-state index contributed by atoms with van der Waals surface area (Å²) >= 11 is 3.38. The first kappa shape index (κ1) is 12.9. The molecule has 2 aromatic rings. The molecule has 1 heterocycles. The van der Waals surface area contributed by atoms with Gasteiger partial charge in [-0.1, -0.05) is 33.3 Å². The van der Waals surface area contributed by atoms with Gasteiger partial charge in [0.2, 0.25) is 0 Å². The number of rotatable bonds is 5. The van der Waals surface area contributed by atoms with E-state index in [1.807, 2.05) is 24.3 Å². The normalized spacial score (nSPS) is 10.6. The maximum atomic E-state index is 12.0. The summed E-state index contributed by atoms with van der Waals surface area (Å²) in [6, 6.07) is 7.65. The van der Waals surface area contributed by atoms with E-state index in [1.54, 1.807) is 10.9 Å². The van der Waals surface area contributed by atoms with Crippen molar-refractivity contribution in [2.75, 3.05) is 6.54 Å². The predicted molar refractivity (Wildman–Crippen MR) is 71.3 cm³/mol. The smallest absolute Gasteiger partial charge is 0.189 e. The molecule has 0 atom stereocenters. The van der Waals surface area contributed by atoms with Crippen molar-refractivity contribution in [1.82, 2.24) is 15.0 Å². The summed E-state index contributed by atoms with van der Waals surface area (Å²) in [5.74, 6) is -0.0450. The number of halogens is 1. The molecule has 0 radical (unpaired) electrons. The van der Waals surface area contributed by atoms with Gasteiger partial charge in [-0.2, -0.15) is 0 Å². The van der Waals surface area contributed by atoms with Gasteiger partial charge in [-0.15, -0.1) is 5.10 Å². The molecule has 5 nitrogen and oxygen atoms in total. The highest BCUT2D eigenvalue weighted by Gasteiger charge is 2.11. The fourth-order valence-electron chi connectivity index (χ4n) is 1.59. The molecule has 0 amide bonds. The predicted octanol–water partition coefficient (Wildman–Crippen LogP) is 1.42. The number of nitrogens with two attached hydrogens (primary N) is 1. The highest BCUT2D eigenvalue weighted by atomic mass is 79.9. The molecule has 2 N–H and O–H groups in total. The number of benzene rings is 1. The van der Waals surface area contributed by atoms with Crippen molar-refractivity contribution in [1.29, 1.82) is 0 Å². The summed E-state index contributed by atoms with van der Waals surface area (Å²) in [6.07, 6.45) is 1.95. The second-order valence-electron chi connectivity index (χ2n) is 3.89. The molecule has 0 saturated heterocycles. The van der Waals surface area contributed by atoms with E-state index >= 15 is 0 Å². The largest absolute Gasteiger partial charge is 0.329 e. The van der Waals surface area contributed by atoms with Gasteiger partial charge >= 0.3 is 0 Å². The Morgan fingerprint density at radius 2 is 2.28 bits per heavy atom. The average molecular weight is 309 g/mol. The van der Waals surface area contributed by atoms with E-state index in [9.17, 15) is 4.79 Å². The molecule has 0 aliphatic rings. The second-order valence-corrected chi connectivity index (χ2v) is 4.80. The van der Waals surface area contributed by atoms with Gasteiger partial charge in [-0.3, -0.25) is 9.48 Å². The molecule has 0 saturated carbocycles. The Bertz CT molecular complexity index is 553. The maximum absolute atomic E-state index is 12.0. The Labute approximate surface area is 113 Å². The third kappa shape index (κ3) is 3.24. The summed E-state index contributed by atoms with van der Waals surface area (Å²) in [6.45, 7) is 1.04. The molecule has 0 bridgehead atoms. The first-order valence-electron chi connectivity index (χ1n) is 5.57. The van der Waals surface area contributed by atoms with Crippen molar-refractivity contribution in [2.24, 2.45) is 5.73 Å². The number of Topliss-reactive ketones (excluding diaryl/α,β-unsaturated/α-hetero) is 1. The van der Waals surface area contributed by atoms with Gasteiger partial charge < -0.3 is 5.73 Å². The number of ketones is 1. The number of hydrogen-bond donors (Lipinski definition) is 1. The zero-order valence-electron chi connectivity index (χ0n) is 9.71. The summed E-state index contributed by atoms with van der Waals surface area (Å²) in [5.41, 5.74) is 6.73. The zero-order chi connectivity index (χ0) is 13.0. The van der Waals surface area contributed by atoms with Gasteiger partial charge in [0.15, 0.2) is 5.78 Å². The lowest BCUT2D eigenvalue weighted by molar-refractivity contribution is 0.0988. The molecular formula is C12H13BrN4O. The Morgan fingerprint density at radius 1 is 1.44 bits per heavy atom. The van der Waals surface area contributed by atoms with Gasteiger partial charge in [-0.05, 0) is 17.7 Å². The van der Waals surface area contributed by atoms with Crippen LogP contribution in [0.5, 0.6) is 0 Å². The third-order valence-corrected chi connectivity index (χ3v) is 2.93. The molecule has 18 heavy (non-hydrogen) atoms. The maximum Gasteiger partial charge on any atom is 0.189 e. The lowest BCUT2D eigenvalue weighted by atomic mass is 10.1. The van der Waals surface area contributed by atoms with E-state index in [0.29, 0.717) is 25.2 Å². The highest BCUT2D eigenvalue weighted by Crippen LogP contribution is 2.13. The third-order valence-electron chi connectivity index (χ3n) is 2.44. The number of hydrogen-bond acceptors (Lipinski definition) is 4. The zero-order valence-corrected chi connectivity index (χ0v) is 11.3. The quantitative estimate of drug-likeness (QED) is 0.848. The van der Waals surface area contributed by atoms with Crippen molar-refractivity contribution >= 4 is 21.7 Å². The van der Waals surface area contributed by atoms with Crippen LogP contribution in [0.2, 0.25) is 0 Å². The lowest BCUT2D eigenvalue weighted by Crippen LogP contribution is -2.10. The van der Waals surface area contributed by atoms with Crippen molar-refractivity contribution in [3.8, 4) is 0 Å². The topological polar surface area (TPSA) is 73.8 Å². The summed E-state index contributed by atoms with van der Waals surface area (Å²) in [7, 11) is 0. The number of nitrogens with zero attached hydrogens (tertiary/aromatic N) is 3. The SMILES string of the molecule is NCCn1cc(C(=O)Cc2cccc(Br)c2)nn1. The van der Waals surface area contributed by atoms with Crippen LogP contribution in [0.15, 0.2) is 34.9 Å². The van der Waals surface area contributed by atoms with Gasteiger partial charge in [0.1, 0.15) is 5.69 Å². The van der Waals surface area contributed by atoms with Gasteiger partial charge in [0.25, 0.3) is 0 Å². The average Bonchev–Trinajstić information content (AvgIpc) is 2.78. The minimum Gasteiger partial charge on any atom is -0.329 e. The molecule has 0 fully saturated rings. The van der Waals surface area contributed by atoms with E-state index in [-0.39, 0.29) is 5.78 Å². The van der Waals surface area contributed by atoms with Crippen LogP contribution in [-0.4, -0.2) is 27.3 Å². The van der Waals surface area contributed by atoms with Crippen molar-refractivity contribution in [2.45, 2.75) is 13.0 Å². The van der Waals surface area contributed by atoms with Crippen LogP contribution in [0.3, 0.4) is 0 Å². The van der Waals surface area contributed by atoms with E-state index < -0.39 is 0 Å². The van der Waals surface area contributed by atoms with Crippen molar-refractivity contribution in [3.05, 3.63) is 46.2 Å². The molecule has 1 aromatic heterocycles. The van der Waals surface area contributed by atoms with Crippen LogP contribution in [0.25, 0.3) is 0 Å². The van der Waals surface area contributed by atoms with E-state index in [4.69, 9.17) is 5.73 Å².